The van der Waals surface area contributed by atoms with Crippen LogP contribution >= 0.6 is 0 Å². The molecule has 0 bridgehead atoms. The van der Waals surface area contributed by atoms with Gasteiger partial charge in [-0.2, -0.15) is 4.31 Å². The summed E-state index contributed by atoms with van der Waals surface area (Å²) in [6.45, 7) is 2.20. The lowest BCUT2D eigenvalue weighted by Gasteiger charge is -2.29. The molecule has 2 aliphatic rings. The molecule has 2 atom stereocenters. The number of hydrogen-bond acceptors (Lipinski definition) is 7. The molecule has 194 valence electrons. The Labute approximate surface area is 206 Å². The molecule has 1 heterocycles. The second-order valence-corrected chi connectivity index (χ2v) is 11.1. The molecule has 1 aliphatic heterocycles. The number of esters is 1. The Balaban J connectivity index is 1.61. The lowest BCUT2D eigenvalue weighted by atomic mass is 9.86. The van der Waals surface area contributed by atoms with Crippen molar-refractivity contribution in [1.82, 2.24) is 14.9 Å². The molecule has 11 heteroatoms. The van der Waals surface area contributed by atoms with Gasteiger partial charge in [-0.05, 0) is 49.8 Å². The number of benzene rings is 1. The number of nitrogens with zero attached hydrogens (tertiary/aromatic N) is 1. The standard InChI is InChI=1S/C24H35N3O7S/c1-17-9-5-6-10-19(17)25-24(30)26-22(28)16-34-23(29)18-11-12-20(33-2)21(15-18)35(31,32)27-13-7-3-4-8-14-27/h11-12,15,17,19H,3-10,13-14,16H2,1-2H3,(H2,25,26,28,30). The van der Waals surface area contributed by atoms with E-state index in [4.69, 9.17) is 9.47 Å². The molecule has 3 rings (SSSR count). The van der Waals surface area contributed by atoms with Crippen LogP contribution in [0.3, 0.4) is 0 Å². The van der Waals surface area contributed by atoms with Gasteiger partial charge in [-0.15, -0.1) is 0 Å². The van der Waals surface area contributed by atoms with Crippen molar-refractivity contribution in [2.24, 2.45) is 5.92 Å². The second kappa shape index (κ2) is 12.3. The fourth-order valence-electron chi connectivity index (χ4n) is 4.54. The summed E-state index contributed by atoms with van der Waals surface area (Å²) in [5, 5.41) is 4.96. The average molecular weight is 510 g/mol. The van der Waals surface area contributed by atoms with Gasteiger partial charge < -0.3 is 14.8 Å². The molecule has 0 aromatic heterocycles. The van der Waals surface area contributed by atoms with E-state index < -0.39 is 34.5 Å². The number of hydrogen-bond donors (Lipinski definition) is 2. The molecule has 1 aromatic rings. The normalized spacial score (nSPS) is 21.4. The van der Waals surface area contributed by atoms with Crippen LogP contribution in [0.4, 0.5) is 4.79 Å². The molecule has 0 spiro atoms. The number of rotatable bonds is 7. The first kappa shape index (κ1) is 26.9. The van der Waals surface area contributed by atoms with E-state index in [1.807, 2.05) is 0 Å². The summed E-state index contributed by atoms with van der Waals surface area (Å²) in [4.78, 5) is 36.6. The highest BCUT2D eigenvalue weighted by atomic mass is 32.2. The van der Waals surface area contributed by atoms with Crippen LogP contribution in [0.25, 0.3) is 0 Å². The Hall–Kier alpha value is -2.66. The van der Waals surface area contributed by atoms with Gasteiger partial charge in [0.1, 0.15) is 10.6 Å². The smallest absolute Gasteiger partial charge is 0.338 e. The predicted octanol–water partition coefficient (Wildman–Crippen LogP) is 2.82. The van der Waals surface area contributed by atoms with E-state index in [1.54, 1.807) is 0 Å². The molecule has 1 aliphatic carbocycles. The molecular formula is C24H35N3O7S. The van der Waals surface area contributed by atoms with Crippen LogP contribution in [0.1, 0.15) is 68.6 Å². The SMILES string of the molecule is COc1ccc(C(=O)OCC(=O)NC(=O)NC2CCCCC2C)cc1S(=O)(=O)N1CCCCCC1. The summed E-state index contributed by atoms with van der Waals surface area (Å²) in [6.07, 6.45) is 7.51. The third-order valence-electron chi connectivity index (χ3n) is 6.60. The first-order valence-corrected chi connectivity index (χ1v) is 13.6. The summed E-state index contributed by atoms with van der Waals surface area (Å²) in [5.41, 5.74) is -0.0347. The van der Waals surface area contributed by atoms with Crippen molar-refractivity contribution < 1.29 is 32.3 Å². The minimum atomic E-state index is -3.88. The zero-order chi connectivity index (χ0) is 25.4. The monoisotopic (exact) mass is 509 g/mol. The molecular weight excluding hydrogens is 474 g/mol. The summed E-state index contributed by atoms with van der Waals surface area (Å²) in [7, 11) is -2.52. The Morgan fingerprint density at radius 3 is 2.37 bits per heavy atom. The van der Waals surface area contributed by atoms with Crippen molar-refractivity contribution in [3.8, 4) is 5.75 Å². The van der Waals surface area contributed by atoms with Gasteiger partial charge in [0.2, 0.25) is 10.0 Å². The number of carbonyl (C=O) groups excluding carboxylic acids is 3. The maximum atomic E-state index is 13.3. The second-order valence-electron chi connectivity index (χ2n) is 9.15. The van der Waals surface area contributed by atoms with Crippen LogP contribution in [-0.2, 0) is 19.6 Å². The van der Waals surface area contributed by atoms with Gasteiger partial charge in [0.25, 0.3) is 5.91 Å². The molecule has 10 nitrogen and oxygen atoms in total. The molecule has 0 radical (unpaired) electrons. The van der Waals surface area contributed by atoms with Crippen molar-refractivity contribution >= 4 is 27.9 Å². The fraction of sp³-hybridized carbons (Fsp3) is 0.625. The fourth-order valence-corrected chi connectivity index (χ4v) is 6.24. The van der Waals surface area contributed by atoms with E-state index in [0.29, 0.717) is 19.0 Å². The van der Waals surface area contributed by atoms with Crippen molar-refractivity contribution in [3.05, 3.63) is 23.8 Å². The van der Waals surface area contributed by atoms with Crippen molar-refractivity contribution in [2.45, 2.75) is 69.2 Å². The first-order valence-electron chi connectivity index (χ1n) is 12.2. The number of amides is 3. The molecule has 1 aromatic carbocycles. The van der Waals surface area contributed by atoms with Gasteiger partial charge in [-0.1, -0.05) is 32.6 Å². The van der Waals surface area contributed by atoms with Gasteiger partial charge in [0.05, 0.1) is 12.7 Å². The van der Waals surface area contributed by atoms with Gasteiger partial charge in [0, 0.05) is 19.1 Å². The van der Waals surface area contributed by atoms with Gasteiger partial charge in [0.15, 0.2) is 6.61 Å². The highest BCUT2D eigenvalue weighted by Gasteiger charge is 2.29. The highest BCUT2D eigenvalue weighted by molar-refractivity contribution is 7.89. The number of methoxy groups -OCH3 is 1. The lowest BCUT2D eigenvalue weighted by molar-refractivity contribution is -0.123. The zero-order valence-electron chi connectivity index (χ0n) is 20.4. The number of ether oxygens (including phenoxy) is 2. The predicted molar refractivity (Wildman–Crippen MR) is 129 cm³/mol. The van der Waals surface area contributed by atoms with Crippen LogP contribution in [0.5, 0.6) is 5.75 Å². The third kappa shape index (κ3) is 7.17. The molecule has 35 heavy (non-hydrogen) atoms. The summed E-state index contributed by atoms with van der Waals surface area (Å²) in [6, 6.07) is 3.34. The average Bonchev–Trinajstić information content (AvgIpc) is 3.14. The minimum absolute atomic E-state index is 0.00275. The van der Waals surface area contributed by atoms with Crippen LogP contribution in [0.2, 0.25) is 0 Å². The Bertz CT molecular complexity index is 1020. The van der Waals surface area contributed by atoms with E-state index in [-0.39, 0.29) is 22.3 Å². The number of carbonyl (C=O) groups is 3. The number of urea groups is 1. The molecule has 1 saturated heterocycles. The quantitative estimate of drug-likeness (QED) is 0.540. The third-order valence-corrected chi connectivity index (χ3v) is 8.52. The largest absolute Gasteiger partial charge is 0.495 e. The molecule has 2 N–H and O–H groups in total. The maximum Gasteiger partial charge on any atom is 0.338 e. The summed E-state index contributed by atoms with van der Waals surface area (Å²) >= 11 is 0. The van der Waals surface area contributed by atoms with Gasteiger partial charge >= 0.3 is 12.0 Å². The summed E-state index contributed by atoms with van der Waals surface area (Å²) < 4.78 is 38.2. The van der Waals surface area contributed by atoms with E-state index >= 15 is 0 Å². The van der Waals surface area contributed by atoms with Gasteiger partial charge in [-0.25, -0.2) is 18.0 Å². The van der Waals surface area contributed by atoms with Crippen molar-refractivity contribution in [2.75, 3.05) is 26.8 Å². The summed E-state index contributed by atoms with van der Waals surface area (Å²) in [5.74, 6) is -1.20. The Kier molecular flexibility index (Phi) is 9.50. The molecule has 3 amide bonds. The van der Waals surface area contributed by atoms with E-state index in [0.717, 1.165) is 51.4 Å². The zero-order valence-corrected chi connectivity index (χ0v) is 21.2. The van der Waals surface area contributed by atoms with Crippen molar-refractivity contribution in [3.63, 3.8) is 0 Å². The van der Waals surface area contributed by atoms with Crippen LogP contribution < -0.4 is 15.4 Å². The Morgan fingerprint density at radius 2 is 1.71 bits per heavy atom. The van der Waals surface area contributed by atoms with Crippen molar-refractivity contribution in [1.29, 1.82) is 0 Å². The Morgan fingerprint density at radius 1 is 1.03 bits per heavy atom. The molecule has 2 fully saturated rings. The van der Waals surface area contributed by atoms with E-state index in [1.165, 1.54) is 29.6 Å². The van der Waals surface area contributed by atoms with Crippen LogP contribution in [0.15, 0.2) is 23.1 Å². The number of nitrogens with one attached hydrogen (secondary N) is 2. The molecule has 1 saturated carbocycles. The topological polar surface area (TPSA) is 131 Å². The minimum Gasteiger partial charge on any atom is -0.495 e. The van der Waals surface area contributed by atoms with Crippen LogP contribution in [0, 0.1) is 5.92 Å². The van der Waals surface area contributed by atoms with Gasteiger partial charge in [-0.3, -0.25) is 10.1 Å². The number of imide groups is 1. The first-order chi connectivity index (χ1) is 16.7. The van der Waals surface area contributed by atoms with E-state index in [2.05, 4.69) is 17.6 Å². The van der Waals surface area contributed by atoms with Crippen LogP contribution in [-0.4, -0.2) is 63.5 Å². The maximum absolute atomic E-state index is 13.3. The molecule has 2 unspecified atom stereocenters. The lowest BCUT2D eigenvalue weighted by Crippen LogP contribution is -2.48. The van der Waals surface area contributed by atoms with E-state index in [9.17, 15) is 22.8 Å². The highest BCUT2D eigenvalue weighted by Crippen LogP contribution is 2.29. The number of sulfonamides is 1.